The third-order valence-electron chi connectivity index (χ3n) is 7.03. The summed E-state index contributed by atoms with van der Waals surface area (Å²) in [5.74, 6) is 2.86. The van der Waals surface area contributed by atoms with Gasteiger partial charge in [0.2, 0.25) is 5.82 Å². The number of H-pyrrole nitrogens is 1. The Morgan fingerprint density at radius 2 is 1.81 bits per heavy atom. The van der Waals surface area contributed by atoms with Gasteiger partial charge in [0, 0.05) is 45.3 Å². The lowest BCUT2D eigenvalue weighted by Crippen LogP contribution is -2.41. The molecule has 37 heavy (non-hydrogen) atoms. The lowest BCUT2D eigenvalue weighted by atomic mass is 9.98. The molecule has 9 nitrogen and oxygen atoms in total. The van der Waals surface area contributed by atoms with Crippen LogP contribution in [0.1, 0.15) is 49.7 Å². The number of rotatable bonds is 11. The van der Waals surface area contributed by atoms with E-state index in [1.54, 1.807) is 0 Å². The summed E-state index contributed by atoms with van der Waals surface area (Å²) in [5, 5.41) is 24.0. The zero-order valence-corrected chi connectivity index (χ0v) is 21.8. The molecule has 0 aliphatic carbocycles. The van der Waals surface area contributed by atoms with Crippen molar-refractivity contribution in [3.63, 3.8) is 0 Å². The molecule has 0 amide bonds. The van der Waals surface area contributed by atoms with Crippen molar-refractivity contribution in [2.45, 2.75) is 52.1 Å². The molecule has 9 heteroatoms. The summed E-state index contributed by atoms with van der Waals surface area (Å²) in [6.07, 6.45) is 5.33. The van der Waals surface area contributed by atoms with Gasteiger partial charge in [-0.05, 0) is 34.7 Å². The summed E-state index contributed by atoms with van der Waals surface area (Å²) in [7, 11) is 2.12. The largest absolute Gasteiger partial charge is 0.396 e. The Morgan fingerprint density at radius 1 is 1.00 bits per heavy atom. The molecule has 0 fully saturated rings. The average molecular weight is 501 g/mol. The van der Waals surface area contributed by atoms with E-state index in [-0.39, 0.29) is 6.61 Å². The van der Waals surface area contributed by atoms with Crippen LogP contribution in [0.25, 0.3) is 22.5 Å². The standard InChI is InChI=1S/C28H36N8O/c1-3-4-5-11-26-29-28-25(19-35(16-8-17-37)20-34(28)2)36(26)18-21-12-14-22(15-13-21)23-9-6-7-10-24(23)27-30-32-33-31-27/h6-7,9-10,12-15,37H,3-5,8,11,16-20H2,1-2H3,(H,30,31,32,33). The molecule has 1 aliphatic heterocycles. The van der Waals surface area contributed by atoms with E-state index < -0.39 is 0 Å². The number of benzene rings is 2. The number of anilines is 1. The highest BCUT2D eigenvalue weighted by atomic mass is 16.3. The number of fused-ring (bicyclic) bond motifs is 1. The Kier molecular flexibility index (Phi) is 7.91. The smallest absolute Gasteiger partial charge is 0.205 e. The molecule has 0 atom stereocenters. The van der Waals surface area contributed by atoms with Crippen LogP contribution in [0.15, 0.2) is 48.5 Å². The topological polar surface area (TPSA) is 99.0 Å². The van der Waals surface area contributed by atoms with Crippen molar-refractivity contribution in [3.05, 3.63) is 65.6 Å². The maximum absolute atomic E-state index is 9.34. The Labute approximate surface area is 218 Å². The van der Waals surface area contributed by atoms with E-state index in [1.165, 1.54) is 29.9 Å². The maximum Gasteiger partial charge on any atom is 0.205 e. The Hall–Kier alpha value is -3.56. The van der Waals surface area contributed by atoms with E-state index in [2.05, 4.69) is 79.3 Å². The van der Waals surface area contributed by atoms with Crippen LogP contribution in [-0.2, 0) is 19.5 Å². The van der Waals surface area contributed by atoms with Crippen LogP contribution in [0.2, 0.25) is 0 Å². The van der Waals surface area contributed by atoms with Crippen molar-refractivity contribution in [1.29, 1.82) is 0 Å². The quantitative estimate of drug-likeness (QED) is 0.299. The number of nitrogens with zero attached hydrogens (tertiary/aromatic N) is 7. The number of hydrogen-bond donors (Lipinski definition) is 2. The summed E-state index contributed by atoms with van der Waals surface area (Å²) in [4.78, 5) is 9.75. The molecule has 2 aromatic carbocycles. The second kappa shape index (κ2) is 11.7. The van der Waals surface area contributed by atoms with Crippen molar-refractivity contribution in [3.8, 4) is 22.5 Å². The van der Waals surface area contributed by atoms with Crippen LogP contribution in [0.4, 0.5) is 5.82 Å². The van der Waals surface area contributed by atoms with Gasteiger partial charge in [0.25, 0.3) is 0 Å². The highest BCUT2D eigenvalue weighted by Crippen LogP contribution is 2.31. The lowest BCUT2D eigenvalue weighted by molar-refractivity contribution is 0.210. The third-order valence-corrected chi connectivity index (χ3v) is 7.03. The van der Waals surface area contributed by atoms with Crippen molar-refractivity contribution >= 4 is 5.82 Å². The normalized spacial score (nSPS) is 13.8. The van der Waals surface area contributed by atoms with Gasteiger partial charge in [-0.25, -0.2) is 4.98 Å². The SMILES string of the molecule is CCCCCc1nc2c(n1Cc1ccc(-c3ccccc3-c3nn[nH]n3)cc1)CN(CCCO)CN2C. The first-order valence-corrected chi connectivity index (χ1v) is 13.2. The summed E-state index contributed by atoms with van der Waals surface area (Å²) >= 11 is 0. The van der Waals surface area contributed by atoms with Crippen LogP contribution in [0.3, 0.4) is 0 Å². The van der Waals surface area contributed by atoms with Crippen LogP contribution < -0.4 is 4.90 Å². The number of nitrogens with one attached hydrogen (secondary N) is 1. The number of unbranched alkanes of at least 4 members (excludes halogenated alkanes) is 2. The van der Waals surface area contributed by atoms with Crippen LogP contribution in [0, 0.1) is 0 Å². The molecule has 0 spiro atoms. The first-order valence-electron chi connectivity index (χ1n) is 13.2. The van der Waals surface area contributed by atoms with E-state index in [9.17, 15) is 5.11 Å². The van der Waals surface area contributed by atoms with Gasteiger partial charge < -0.3 is 14.6 Å². The summed E-state index contributed by atoms with van der Waals surface area (Å²) in [6.45, 7) is 5.83. The van der Waals surface area contributed by atoms with Crippen LogP contribution in [-0.4, -0.2) is 67.0 Å². The zero-order chi connectivity index (χ0) is 25.6. The molecule has 1 aliphatic rings. The minimum atomic E-state index is 0.219. The monoisotopic (exact) mass is 500 g/mol. The van der Waals surface area contributed by atoms with Crippen molar-refractivity contribution < 1.29 is 5.11 Å². The number of tetrazole rings is 1. The number of aliphatic hydroxyl groups is 1. The number of imidazole rings is 1. The molecule has 5 rings (SSSR count). The van der Waals surface area contributed by atoms with Crippen molar-refractivity contribution in [1.82, 2.24) is 35.1 Å². The van der Waals surface area contributed by atoms with E-state index >= 15 is 0 Å². The second-order valence-electron chi connectivity index (χ2n) is 9.79. The molecule has 0 bridgehead atoms. The highest BCUT2D eigenvalue weighted by molar-refractivity contribution is 5.80. The second-order valence-corrected chi connectivity index (χ2v) is 9.79. The molecule has 2 aromatic heterocycles. The van der Waals surface area contributed by atoms with Crippen molar-refractivity contribution in [2.24, 2.45) is 0 Å². The fourth-order valence-electron chi connectivity index (χ4n) is 5.15. The van der Waals surface area contributed by atoms with Gasteiger partial charge in [-0.1, -0.05) is 68.3 Å². The number of aryl methyl sites for hydroxylation is 1. The van der Waals surface area contributed by atoms with Gasteiger partial charge in [-0.3, -0.25) is 4.90 Å². The van der Waals surface area contributed by atoms with Gasteiger partial charge in [0.05, 0.1) is 12.4 Å². The highest BCUT2D eigenvalue weighted by Gasteiger charge is 2.27. The average Bonchev–Trinajstić information content (AvgIpc) is 3.58. The van der Waals surface area contributed by atoms with Gasteiger partial charge in [0.15, 0.2) is 5.82 Å². The molecule has 0 radical (unpaired) electrons. The fraction of sp³-hybridized carbons (Fsp3) is 0.429. The fourth-order valence-corrected chi connectivity index (χ4v) is 5.15. The Balaban J connectivity index is 1.42. The van der Waals surface area contributed by atoms with Crippen LogP contribution >= 0.6 is 0 Å². The summed E-state index contributed by atoms with van der Waals surface area (Å²) in [5.41, 5.74) is 5.67. The Morgan fingerprint density at radius 3 is 2.54 bits per heavy atom. The molecule has 194 valence electrons. The third kappa shape index (κ3) is 5.57. The van der Waals surface area contributed by atoms with Gasteiger partial charge >= 0.3 is 0 Å². The van der Waals surface area contributed by atoms with E-state index in [1.807, 2.05) is 18.2 Å². The van der Waals surface area contributed by atoms with Crippen LogP contribution in [0.5, 0.6) is 0 Å². The van der Waals surface area contributed by atoms with Gasteiger partial charge in [-0.2, -0.15) is 5.21 Å². The molecule has 0 saturated carbocycles. The minimum absolute atomic E-state index is 0.219. The first kappa shape index (κ1) is 25.1. The molecule has 4 aromatic rings. The molecular formula is C28H36N8O. The minimum Gasteiger partial charge on any atom is -0.396 e. The number of aromatic nitrogens is 6. The first-order chi connectivity index (χ1) is 18.2. The summed E-state index contributed by atoms with van der Waals surface area (Å²) < 4.78 is 2.43. The molecule has 0 saturated heterocycles. The van der Waals surface area contributed by atoms with E-state index in [0.29, 0.717) is 5.82 Å². The maximum atomic E-state index is 9.34. The number of hydrogen-bond acceptors (Lipinski definition) is 7. The molecule has 2 N–H and O–H groups in total. The van der Waals surface area contributed by atoms with E-state index in [0.717, 1.165) is 68.1 Å². The van der Waals surface area contributed by atoms with Crippen molar-refractivity contribution in [2.75, 3.05) is 31.8 Å². The number of aliphatic hydroxyl groups excluding tert-OH is 1. The zero-order valence-electron chi connectivity index (χ0n) is 21.8. The molecular weight excluding hydrogens is 464 g/mol. The number of aromatic amines is 1. The predicted molar refractivity (Wildman–Crippen MR) is 145 cm³/mol. The predicted octanol–water partition coefficient (Wildman–Crippen LogP) is 4.10. The summed E-state index contributed by atoms with van der Waals surface area (Å²) in [6, 6.07) is 16.9. The molecule has 0 unspecified atom stereocenters. The Bertz CT molecular complexity index is 1280. The lowest BCUT2D eigenvalue weighted by Gasteiger charge is -2.34. The van der Waals surface area contributed by atoms with E-state index in [4.69, 9.17) is 4.98 Å². The molecule has 3 heterocycles. The van der Waals surface area contributed by atoms with Gasteiger partial charge in [0.1, 0.15) is 5.82 Å². The van der Waals surface area contributed by atoms with Gasteiger partial charge in [-0.15, -0.1) is 10.2 Å².